The summed E-state index contributed by atoms with van der Waals surface area (Å²) in [6.07, 6.45) is 0.895. The Balaban J connectivity index is 1.80. The van der Waals surface area contributed by atoms with Crippen LogP contribution in [0.25, 0.3) is 11.3 Å². The molecule has 0 fully saturated rings. The average Bonchev–Trinajstić information content (AvgIpc) is 2.67. The third kappa shape index (κ3) is 5.16. The highest BCUT2D eigenvalue weighted by Crippen LogP contribution is 2.23. The number of aromatic nitrogens is 2. The average molecular weight is 495 g/mol. The third-order valence-electron chi connectivity index (χ3n) is 3.63. The van der Waals surface area contributed by atoms with Crippen LogP contribution < -0.4 is 9.46 Å². The van der Waals surface area contributed by atoms with Crippen molar-refractivity contribution >= 4 is 38.3 Å². The van der Waals surface area contributed by atoms with Gasteiger partial charge in [-0.3, -0.25) is 4.72 Å². The summed E-state index contributed by atoms with van der Waals surface area (Å²) < 4.78 is 34.1. The fourth-order valence-electron chi connectivity index (χ4n) is 2.33. The molecule has 0 aliphatic rings. The maximum Gasteiger partial charge on any atom is 0.261 e. The molecule has 27 heavy (non-hydrogen) atoms. The first kappa shape index (κ1) is 19.6. The Morgan fingerprint density at radius 2 is 1.81 bits per heavy atom. The molecule has 6 nitrogen and oxygen atoms in total. The Bertz CT molecular complexity index is 1010. The van der Waals surface area contributed by atoms with Crippen molar-refractivity contribution in [1.29, 1.82) is 0 Å². The van der Waals surface area contributed by atoms with Crippen LogP contribution in [0.5, 0.6) is 5.88 Å². The van der Waals surface area contributed by atoms with E-state index in [9.17, 15) is 8.42 Å². The smallest absolute Gasteiger partial charge is 0.261 e. The zero-order valence-electron chi connectivity index (χ0n) is 14.6. The van der Waals surface area contributed by atoms with Crippen molar-refractivity contribution in [3.05, 3.63) is 64.2 Å². The minimum absolute atomic E-state index is 0.213. The van der Waals surface area contributed by atoms with Gasteiger partial charge in [0.2, 0.25) is 5.88 Å². The van der Waals surface area contributed by atoms with Crippen molar-refractivity contribution in [3.63, 3.8) is 0 Å². The number of hydrogen-bond donors (Lipinski definition) is 1. The fraction of sp³-hybridized carbons (Fsp3) is 0.158. The lowest BCUT2D eigenvalue weighted by Gasteiger charge is -2.10. The molecule has 0 aliphatic heterocycles. The first-order valence-electron chi connectivity index (χ1n) is 8.33. The Morgan fingerprint density at radius 1 is 1.04 bits per heavy atom. The molecule has 0 saturated carbocycles. The number of rotatable bonds is 7. The van der Waals surface area contributed by atoms with Gasteiger partial charge in [0.25, 0.3) is 10.0 Å². The molecule has 0 unspecified atom stereocenters. The Hall–Kier alpha value is -2.20. The fourth-order valence-corrected chi connectivity index (χ4v) is 3.74. The van der Waals surface area contributed by atoms with Crippen molar-refractivity contribution in [3.8, 4) is 17.1 Å². The van der Waals surface area contributed by atoms with Crippen molar-refractivity contribution in [2.45, 2.75) is 18.2 Å². The molecule has 0 radical (unpaired) electrons. The molecule has 3 rings (SSSR count). The van der Waals surface area contributed by atoms with Gasteiger partial charge in [-0.1, -0.05) is 19.1 Å². The molecule has 0 bridgehead atoms. The van der Waals surface area contributed by atoms with Gasteiger partial charge in [-0.25, -0.2) is 8.42 Å². The van der Waals surface area contributed by atoms with Crippen LogP contribution in [0.3, 0.4) is 0 Å². The molecule has 1 aromatic heterocycles. The maximum atomic E-state index is 12.5. The molecule has 1 heterocycles. The largest absolute Gasteiger partial charge is 0.477 e. The zero-order valence-corrected chi connectivity index (χ0v) is 17.6. The van der Waals surface area contributed by atoms with Crippen LogP contribution in [-0.2, 0) is 10.0 Å². The van der Waals surface area contributed by atoms with Gasteiger partial charge >= 0.3 is 0 Å². The SMILES string of the molecule is CCCOc1ccc(-c2cccc(NS(=O)(=O)c3ccc(I)cc3)c2)nn1. The van der Waals surface area contributed by atoms with Crippen LogP contribution in [0.2, 0.25) is 0 Å². The van der Waals surface area contributed by atoms with E-state index in [0.717, 1.165) is 15.6 Å². The van der Waals surface area contributed by atoms with E-state index in [1.807, 2.05) is 13.0 Å². The van der Waals surface area contributed by atoms with E-state index in [0.29, 0.717) is 23.9 Å². The molecule has 8 heteroatoms. The van der Waals surface area contributed by atoms with Crippen LogP contribution in [-0.4, -0.2) is 25.2 Å². The number of benzene rings is 2. The van der Waals surface area contributed by atoms with Gasteiger partial charge in [-0.2, -0.15) is 0 Å². The van der Waals surface area contributed by atoms with Crippen LogP contribution in [0.1, 0.15) is 13.3 Å². The standard InChI is InChI=1S/C19H18IN3O3S/c1-2-12-26-19-11-10-18(21-22-19)14-4-3-5-16(13-14)23-27(24,25)17-8-6-15(20)7-9-17/h3-11,13,23H,2,12H2,1H3. The Morgan fingerprint density at radius 3 is 2.48 bits per heavy atom. The third-order valence-corrected chi connectivity index (χ3v) is 5.75. The number of sulfonamides is 1. The van der Waals surface area contributed by atoms with Gasteiger partial charge in [0.1, 0.15) is 0 Å². The monoisotopic (exact) mass is 495 g/mol. The van der Waals surface area contributed by atoms with E-state index in [-0.39, 0.29) is 4.90 Å². The molecule has 0 atom stereocenters. The first-order chi connectivity index (χ1) is 13.0. The molecular weight excluding hydrogens is 477 g/mol. The van der Waals surface area contributed by atoms with Crippen LogP contribution in [0, 0.1) is 3.57 Å². The highest BCUT2D eigenvalue weighted by molar-refractivity contribution is 14.1. The molecule has 0 spiro atoms. The molecule has 0 amide bonds. The highest BCUT2D eigenvalue weighted by Gasteiger charge is 2.14. The van der Waals surface area contributed by atoms with Crippen molar-refractivity contribution in [2.24, 2.45) is 0 Å². The molecule has 3 aromatic rings. The van der Waals surface area contributed by atoms with Crippen molar-refractivity contribution in [2.75, 3.05) is 11.3 Å². The van der Waals surface area contributed by atoms with Crippen molar-refractivity contribution < 1.29 is 13.2 Å². The molecule has 0 aliphatic carbocycles. The second-order valence-corrected chi connectivity index (χ2v) is 8.67. The Kier molecular flexibility index (Phi) is 6.27. The summed E-state index contributed by atoms with van der Waals surface area (Å²) in [4.78, 5) is 0.213. The minimum Gasteiger partial charge on any atom is -0.477 e. The summed E-state index contributed by atoms with van der Waals surface area (Å²) in [6, 6.07) is 17.2. The van der Waals surface area contributed by atoms with Crippen LogP contribution in [0.4, 0.5) is 5.69 Å². The quantitative estimate of drug-likeness (QED) is 0.494. The van der Waals surface area contributed by atoms with E-state index in [1.165, 1.54) is 0 Å². The Labute approximate surface area is 172 Å². The normalized spacial score (nSPS) is 11.2. The second-order valence-electron chi connectivity index (χ2n) is 5.75. The topological polar surface area (TPSA) is 81.2 Å². The predicted octanol–water partition coefficient (Wildman–Crippen LogP) is 4.34. The lowest BCUT2D eigenvalue weighted by Crippen LogP contribution is -2.12. The summed E-state index contributed by atoms with van der Waals surface area (Å²) >= 11 is 2.13. The zero-order chi connectivity index (χ0) is 19.3. The van der Waals surface area contributed by atoms with E-state index >= 15 is 0 Å². The maximum absolute atomic E-state index is 12.5. The first-order valence-corrected chi connectivity index (χ1v) is 10.9. The van der Waals surface area contributed by atoms with Gasteiger partial charge in [0.15, 0.2) is 0 Å². The highest BCUT2D eigenvalue weighted by atomic mass is 127. The van der Waals surface area contributed by atoms with E-state index in [1.54, 1.807) is 54.6 Å². The van der Waals surface area contributed by atoms with Gasteiger partial charge in [0, 0.05) is 20.9 Å². The van der Waals surface area contributed by atoms with Gasteiger partial charge < -0.3 is 4.74 Å². The minimum atomic E-state index is -3.66. The van der Waals surface area contributed by atoms with Gasteiger partial charge in [-0.15, -0.1) is 10.2 Å². The van der Waals surface area contributed by atoms with Crippen LogP contribution >= 0.6 is 22.6 Å². The lowest BCUT2D eigenvalue weighted by molar-refractivity contribution is 0.302. The summed E-state index contributed by atoms with van der Waals surface area (Å²) in [7, 11) is -3.66. The summed E-state index contributed by atoms with van der Waals surface area (Å²) in [5.74, 6) is 0.469. The van der Waals surface area contributed by atoms with Gasteiger partial charge in [-0.05, 0) is 71.5 Å². The number of nitrogens with one attached hydrogen (secondary N) is 1. The molecule has 2 aromatic carbocycles. The number of anilines is 1. The number of halogens is 1. The van der Waals surface area contributed by atoms with E-state index in [2.05, 4.69) is 37.5 Å². The molecule has 1 N–H and O–H groups in total. The van der Waals surface area contributed by atoms with Crippen LogP contribution in [0.15, 0.2) is 65.6 Å². The number of nitrogens with zero attached hydrogens (tertiary/aromatic N) is 2. The second kappa shape index (κ2) is 8.66. The van der Waals surface area contributed by atoms with Crippen molar-refractivity contribution in [1.82, 2.24) is 10.2 Å². The van der Waals surface area contributed by atoms with Gasteiger partial charge in [0.05, 0.1) is 17.2 Å². The summed E-state index contributed by atoms with van der Waals surface area (Å²) in [6.45, 7) is 2.61. The summed E-state index contributed by atoms with van der Waals surface area (Å²) in [5, 5.41) is 8.20. The number of hydrogen-bond acceptors (Lipinski definition) is 5. The molecule has 140 valence electrons. The predicted molar refractivity (Wildman–Crippen MR) is 113 cm³/mol. The van der Waals surface area contributed by atoms with E-state index < -0.39 is 10.0 Å². The van der Waals surface area contributed by atoms with E-state index in [4.69, 9.17) is 4.74 Å². The summed E-state index contributed by atoms with van der Waals surface area (Å²) in [5.41, 5.74) is 1.85. The molecular formula is C19H18IN3O3S. The number of ether oxygens (including phenoxy) is 1. The lowest BCUT2D eigenvalue weighted by atomic mass is 10.1. The molecule has 0 saturated heterocycles.